The van der Waals surface area contributed by atoms with Gasteiger partial charge < -0.3 is 44.0 Å². The first kappa shape index (κ1) is 124. The van der Waals surface area contributed by atoms with Crippen LogP contribution < -0.4 is 0 Å². The van der Waals surface area contributed by atoms with Crippen molar-refractivity contribution in [3.63, 3.8) is 0 Å². The summed E-state index contributed by atoms with van der Waals surface area (Å²) in [5.41, 5.74) is 0. The van der Waals surface area contributed by atoms with E-state index in [1.165, 1.54) is 48.2 Å². The number of aldehydes is 1. The molecule has 0 fully saturated rings. The number of allylic oxidation sites excluding steroid dienone is 2. The molecule has 1 radical (unpaired) electrons. The van der Waals surface area contributed by atoms with E-state index in [-0.39, 0.29) is 11.9 Å². The number of hydrogen-bond donors (Lipinski definition) is 5. The van der Waals surface area contributed by atoms with E-state index < -0.39 is 19.2 Å². The molecule has 13 nitrogen and oxygen atoms in total. The summed E-state index contributed by atoms with van der Waals surface area (Å²) in [7, 11) is 9.89. The van der Waals surface area contributed by atoms with E-state index in [1.807, 2.05) is 123 Å². The van der Waals surface area contributed by atoms with E-state index in [4.69, 9.17) is 29.9 Å². The first-order chi connectivity index (χ1) is 28.0. The summed E-state index contributed by atoms with van der Waals surface area (Å²) in [4.78, 5) is 37.0. The quantitative estimate of drug-likeness (QED) is 0.0416. The monoisotopic (exact) mass is 933 g/mol. The molecule has 0 spiro atoms. The van der Waals surface area contributed by atoms with Gasteiger partial charge in [0.25, 0.3) is 5.97 Å². The Balaban J connectivity index is -0.0000000177. The van der Waals surface area contributed by atoms with E-state index >= 15 is 0 Å². The summed E-state index contributed by atoms with van der Waals surface area (Å²) in [6, 6.07) is 0. The van der Waals surface area contributed by atoms with Crippen LogP contribution in [0.3, 0.4) is 0 Å². The maximum atomic E-state index is 11.2. The molecule has 0 heterocycles. The van der Waals surface area contributed by atoms with Crippen LogP contribution in [0.15, 0.2) is 16.5 Å². The molecule has 0 aliphatic heterocycles. The van der Waals surface area contributed by atoms with E-state index in [0.29, 0.717) is 19.2 Å². The van der Waals surface area contributed by atoms with Crippen molar-refractivity contribution in [2.45, 2.75) is 186 Å². The Morgan fingerprint density at radius 2 is 0.767 bits per heavy atom. The summed E-state index contributed by atoms with van der Waals surface area (Å²) < 4.78 is 51.0. The number of thiocarbonyl (C=S) groups is 1. The second-order valence-corrected chi connectivity index (χ2v) is 6.78. The average Bonchev–Trinajstić information content (AvgIpc) is 3.25. The zero-order valence-corrected chi connectivity index (χ0v) is 46.3. The van der Waals surface area contributed by atoms with Crippen LogP contribution >= 0.6 is 25.0 Å². The van der Waals surface area contributed by atoms with Crippen molar-refractivity contribution in [1.82, 2.24) is 0 Å². The third kappa shape index (κ3) is 2860. The van der Waals surface area contributed by atoms with Crippen LogP contribution in [0.5, 0.6) is 0 Å². The van der Waals surface area contributed by atoms with Crippen LogP contribution in [0, 0.1) is 0 Å². The zero-order valence-electron chi connectivity index (χ0n) is 44.6. The van der Waals surface area contributed by atoms with Gasteiger partial charge in [-0.05, 0) is 39.8 Å². The number of hydrogen-bond acceptors (Lipinski definition) is 14. The van der Waals surface area contributed by atoms with Crippen molar-refractivity contribution >= 4 is 69.0 Å². The van der Waals surface area contributed by atoms with Gasteiger partial charge >= 0.3 is 49.9 Å². The van der Waals surface area contributed by atoms with Gasteiger partial charge in [-0.25, -0.2) is 0 Å². The Kier molecular flexibility index (Phi) is 474. The number of nitrogens with zero attached hydrogens (tertiary/aromatic N) is 1. The van der Waals surface area contributed by atoms with E-state index in [0.717, 1.165) is 27.4 Å². The molecule has 20 heteroatoms. The fourth-order valence-electron chi connectivity index (χ4n) is 0. The first-order valence-corrected chi connectivity index (χ1v) is 20.3. The molecule has 379 valence electrons. The molecule has 0 unspecified atom stereocenters. The second kappa shape index (κ2) is 230. The molecule has 0 saturated heterocycles. The summed E-state index contributed by atoms with van der Waals surface area (Å²) in [6.45, 7) is 45.2. The molecule has 0 amide bonds. The molecule has 60 heavy (non-hydrogen) atoms. The number of aliphatic carboxylic acids is 1. The number of carbonyl (C=O) groups is 4. The van der Waals surface area contributed by atoms with E-state index in [1.54, 1.807) is 14.0 Å². The molecule has 0 atom stereocenters. The number of ether oxygens (including phenoxy) is 4. The Morgan fingerprint density at radius 3 is 0.767 bits per heavy atom. The van der Waals surface area contributed by atoms with E-state index in [9.17, 15) is 22.8 Å². The van der Waals surface area contributed by atoms with Crippen LogP contribution in [0.4, 0.5) is 13.2 Å². The van der Waals surface area contributed by atoms with Crippen LogP contribution in [-0.2, 0) is 38.1 Å². The van der Waals surface area contributed by atoms with Gasteiger partial charge in [-0.3, -0.25) is 18.8 Å². The standard InChI is InChI=1S/C4H8.C3H6F2O.2C3H6O2.C3H6OS.C3H8.C2H4O2.C2H4O.7C2H6.CH5BO2.CH3F.CH4O.BHNS/c1-3-4-2;1-3(4,5)6-2;2*1-3(4)5-2;1-3(5)4-2;1-3-2;1-2(3)4;1-2-3;7*1-2;1-2(3)4;2*1-2;1-2-3/h3-4H,1-2H3;1-2H3;3*1-2H3;3H2,1-2H3;1H3,(H,3,4);2H,1H3;7*1-2H3;3-4H,1H3;1H3;2H,1H3;3H. The Bertz CT molecular complexity index is 554. The molecule has 0 aliphatic rings. The molecule has 4 N–H and O–H groups in total. The zero-order chi connectivity index (χ0) is 54.8. The summed E-state index contributed by atoms with van der Waals surface area (Å²) in [5.74, 6) is -1.32. The molecular formula is C40H103B2F3NO12S2. The number of methoxy groups -OCH3 is 4. The minimum absolute atomic E-state index is 0.245. The van der Waals surface area contributed by atoms with Crippen LogP contribution in [-0.4, -0.2) is 113 Å². The normalized spacial score (nSPS) is 6.02. The molecule has 0 saturated carbocycles. The predicted octanol–water partition coefficient (Wildman–Crippen LogP) is 12.5. The van der Waals surface area contributed by atoms with Crippen LogP contribution in [0.25, 0.3) is 0 Å². The average molecular weight is 933 g/mol. The minimum atomic E-state index is -2.96. The Hall–Kier alpha value is -2.38. The number of rotatable bonds is 1. The SMILES string of the molecule is CB(O)O.CC.CC.CC.CC.CC.CC.CC.CC(=O)O.CC=CC.CC=O.CCC.CF.CO.COC(C)(F)F.COC(C)=O.COC(C)=O.COC(C)=S.[B]=NS. The number of halogens is 3. The molecule has 0 bridgehead atoms. The molecule has 0 aromatic rings. The van der Waals surface area contributed by atoms with Crippen LogP contribution in [0.2, 0.25) is 6.82 Å². The third-order valence-corrected chi connectivity index (χ3v) is 1.72. The second-order valence-electron chi connectivity index (χ2n) is 5.97. The van der Waals surface area contributed by atoms with Crippen molar-refractivity contribution in [3.8, 4) is 0 Å². The summed E-state index contributed by atoms with van der Waals surface area (Å²) >= 11 is 7.67. The topological polar surface area (TPSA) is 198 Å². The van der Waals surface area contributed by atoms with Gasteiger partial charge in [0, 0.05) is 48.8 Å². The number of esters is 2. The van der Waals surface area contributed by atoms with Crippen LogP contribution in [0.1, 0.15) is 173 Å². The van der Waals surface area contributed by atoms with Gasteiger partial charge in [0.05, 0.1) is 28.5 Å². The number of carboxylic acid groups (broad SMARTS) is 1. The van der Waals surface area contributed by atoms with Gasteiger partial charge in [0.15, 0.2) is 5.05 Å². The molecular weight excluding hydrogens is 829 g/mol. The number of carbonyl (C=O) groups excluding carboxylic acids is 3. The number of carboxylic acids is 1. The van der Waals surface area contributed by atoms with Gasteiger partial charge in [0.2, 0.25) is 0 Å². The van der Waals surface area contributed by atoms with Crippen molar-refractivity contribution in [2.75, 3.05) is 42.7 Å². The van der Waals surface area contributed by atoms with Gasteiger partial charge in [-0.1, -0.05) is 129 Å². The molecule has 0 aliphatic carbocycles. The predicted molar refractivity (Wildman–Crippen MR) is 268 cm³/mol. The van der Waals surface area contributed by atoms with Gasteiger partial charge in [-0.15, -0.1) is 0 Å². The fourth-order valence-corrected chi connectivity index (χ4v) is 0. The van der Waals surface area contributed by atoms with Crippen molar-refractivity contribution < 1.29 is 71.6 Å². The van der Waals surface area contributed by atoms with Crippen molar-refractivity contribution in [2.24, 2.45) is 4.30 Å². The number of aliphatic hydroxyl groups excluding tert-OH is 1. The number of aliphatic hydroxyl groups is 1. The first-order valence-electron chi connectivity index (χ1n) is 19.5. The van der Waals surface area contributed by atoms with Gasteiger partial charge in [0.1, 0.15) is 6.29 Å². The third-order valence-electron chi connectivity index (χ3n) is 1.55. The molecule has 0 aromatic carbocycles. The Labute approximate surface area is 384 Å². The van der Waals surface area contributed by atoms with Crippen molar-refractivity contribution in [3.05, 3.63) is 12.2 Å². The molecule has 0 aromatic heterocycles. The summed E-state index contributed by atoms with van der Waals surface area (Å²) in [5, 5.41) is 30.2. The van der Waals surface area contributed by atoms with Crippen molar-refractivity contribution in [1.29, 1.82) is 0 Å². The maximum absolute atomic E-state index is 11.2. The summed E-state index contributed by atoms with van der Waals surface area (Å²) in [6.07, 6.45) is 3.04. The van der Waals surface area contributed by atoms with E-state index in [2.05, 4.69) is 69.8 Å². The number of alkyl halides is 3. The Morgan fingerprint density at radius 1 is 0.700 bits per heavy atom. The number of thiol groups is 1. The van der Waals surface area contributed by atoms with Gasteiger partial charge in [-0.2, -0.15) is 8.78 Å². The fraction of sp³-hybridized carbons (Fsp3) is 0.825. The molecule has 0 rings (SSSR count).